The molecule has 41 heavy (non-hydrogen) atoms. The lowest BCUT2D eigenvalue weighted by atomic mass is 9.57. The van der Waals surface area contributed by atoms with Crippen LogP contribution in [0, 0.1) is 23.2 Å². The third-order valence-corrected chi connectivity index (χ3v) is 8.77. The molecule has 1 atom stereocenters. The van der Waals surface area contributed by atoms with Gasteiger partial charge < -0.3 is 9.55 Å². The summed E-state index contributed by atoms with van der Waals surface area (Å²) in [5.74, 6) is 1.43. The van der Waals surface area contributed by atoms with Crippen molar-refractivity contribution in [2.45, 2.75) is 57.2 Å². The molecule has 1 saturated heterocycles. The number of aromatic amines is 1. The molecule has 1 aromatic carbocycles. The van der Waals surface area contributed by atoms with Crippen LogP contribution in [0.3, 0.4) is 0 Å². The van der Waals surface area contributed by atoms with Crippen molar-refractivity contribution >= 4 is 10.9 Å². The number of aryl methyl sites for hydroxylation is 1. The Labute approximate surface area is 235 Å². The molecule has 1 N–H and O–H groups in total. The quantitative estimate of drug-likeness (QED) is 0.343. The molecule has 0 unspecified atom stereocenters. The number of fused-ring (bicyclic) bond motifs is 1. The average molecular weight is 564 g/mol. The number of piperidine rings is 1. The summed E-state index contributed by atoms with van der Waals surface area (Å²) in [6.45, 7) is 4.40. The van der Waals surface area contributed by atoms with E-state index in [1.165, 1.54) is 6.07 Å². The summed E-state index contributed by atoms with van der Waals surface area (Å²) in [6, 6.07) is 10.8. The number of likely N-dealkylation sites (tertiary alicyclic amines) is 1. The lowest BCUT2D eigenvalue weighted by Gasteiger charge is -2.46. The molecule has 6 rings (SSSR count). The Morgan fingerprint density at radius 2 is 2.05 bits per heavy atom. The molecule has 1 saturated carbocycles. The van der Waals surface area contributed by atoms with Crippen LogP contribution in [0.1, 0.15) is 61.7 Å². The zero-order valence-electron chi connectivity index (χ0n) is 23.1. The van der Waals surface area contributed by atoms with Crippen molar-refractivity contribution in [2.24, 2.45) is 18.9 Å². The number of H-pyrrole nitrogens is 1. The maximum absolute atomic E-state index is 14.4. The lowest BCUT2D eigenvalue weighted by Crippen LogP contribution is -2.44. The first-order chi connectivity index (χ1) is 19.6. The number of alkyl halides is 3. The van der Waals surface area contributed by atoms with Crippen molar-refractivity contribution in [1.29, 1.82) is 5.26 Å². The van der Waals surface area contributed by atoms with Crippen molar-refractivity contribution in [1.82, 2.24) is 29.2 Å². The van der Waals surface area contributed by atoms with E-state index in [0.29, 0.717) is 43.1 Å². The van der Waals surface area contributed by atoms with E-state index in [9.17, 15) is 23.2 Å². The summed E-state index contributed by atoms with van der Waals surface area (Å²) in [7, 11) is 1.85. The first-order valence-electron chi connectivity index (χ1n) is 14.0. The number of benzene rings is 1. The molecular formula is C30H32F3N7O. The number of nitriles is 1. The van der Waals surface area contributed by atoms with E-state index in [1.54, 1.807) is 24.5 Å². The fourth-order valence-electron chi connectivity index (χ4n) is 6.86. The molecule has 0 radical (unpaired) electrons. The van der Waals surface area contributed by atoms with Gasteiger partial charge in [-0.25, -0.2) is 0 Å². The van der Waals surface area contributed by atoms with Gasteiger partial charge in [0, 0.05) is 49.5 Å². The largest absolute Gasteiger partial charge is 0.418 e. The van der Waals surface area contributed by atoms with Crippen molar-refractivity contribution in [3.05, 3.63) is 75.9 Å². The number of hydrogen-bond donors (Lipinski definition) is 1. The highest BCUT2D eigenvalue weighted by Crippen LogP contribution is 2.53. The molecule has 1 aliphatic carbocycles. The lowest BCUT2D eigenvalue weighted by molar-refractivity contribution is -0.136. The van der Waals surface area contributed by atoms with Crippen LogP contribution < -0.4 is 5.56 Å². The highest BCUT2D eigenvalue weighted by Gasteiger charge is 2.49. The van der Waals surface area contributed by atoms with Crippen molar-refractivity contribution in [3.8, 4) is 11.8 Å². The predicted octanol–water partition coefficient (Wildman–Crippen LogP) is 5.31. The Morgan fingerprint density at radius 1 is 1.24 bits per heavy atom. The summed E-state index contributed by atoms with van der Waals surface area (Å²) in [5.41, 5.74) is -0.221. The van der Waals surface area contributed by atoms with Gasteiger partial charge in [-0.3, -0.25) is 14.3 Å². The highest BCUT2D eigenvalue weighted by molar-refractivity contribution is 5.84. The van der Waals surface area contributed by atoms with Gasteiger partial charge in [0.25, 0.3) is 5.56 Å². The fourth-order valence-corrected chi connectivity index (χ4v) is 6.86. The summed E-state index contributed by atoms with van der Waals surface area (Å²) < 4.78 is 46.0. The number of halogens is 3. The maximum atomic E-state index is 14.4. The van der Waals surface area contributed by atoms with Gasteiger partial charge >= 0.3 is 6.18 Å². The standard InChI is InChI=1S/C30H32F3N7O/c1-19-5-4-10-39(15-19)16-22-12-24-25(30(31,32)33)17-40(27(41)26(24)36-22)23-7-3-6-21(11-23)29(13-20(14-29)8-9-34)28-37-35-18-38(28)2/h3,6-7,11-12,17-20,36H,4-5,8,10,13-16H2,1-2H3/t19-,20?,29?/m1/s1. The highest BCUT2D eigenvalue weighted by atomic mass is 19.4. The normalized spacial score (nSPS) is 23.4. The van der Waals surface area contributed by atoms with Gasteiger partial charge in [0.2, 0.25) is 0 Å². The molecule has 0 spiro atoms. The van der Waals surface area contributed by atoms with E-state index in [4.69, 9.17) is 0 Å². The van der Waals surface area contributed by atoms with Crippen LogP contribution in [0.25, 0.3) is 16.6 Å². The predicted molar refractivity (Wildman–Crippen MR) is 147 cm³/mol. The molecule has 0 amide bonds. The van der Waals surface area contributed by atoms with Crippen molar-refractivity contribution < 1.29 is 13.2 Å². The Hall–Kier alpha value is -3.91. The molecule has 0 bridgehead atoms. The van der Waals surface area contributed by atoms with E-state index < -0.39 is 22.7 Å². The van der Waals surface area contributed by atoms with Crippen LogP contribution in [0.5, 0.6) is 0 Å². The first-order valence-corrected chi connectivity index (χ1v) is 14.0. The number of hydrogen-bond acceptors (Lipinski definition) is 5. The monoisotopic (exact) mass is 563 g/mol. The van der Waals surface area contributed by atoms with Gasteiger partial charge in [0.05, 0.1) is 17.0 Å². The van der Waals surface area contributed by atoms with Gasteiger partial charge in [-0.2, -0.15) is 18.4 Å². The van der Waals surface area contributed by atoms with E-state index in [1.807, 2.05) is 17.7 Å². The van der Waals surface area contributed by atoms with E-state index in [0.717, 1.165) is 48.1 Å². The molecule has 11 heteroatoms. The minimum absolute atomic E-state index is 0.0500. The third kappa shape index (κ3) is 4.84. The Morgan fingerprint density at radius 3 is 2.73 bits per heavy atom. The Kier molecular flexibility index (Phi) is 6.77. The molecule has 4 aromatic rings. The Balaban J connectivity index is 1.44. The van der Waals surface area contributed by atoms with Crippen molar-refractivity contribution in [3.63, 3.8) is 0 Å². The van der Waals surface area contributed by atoms with Crippen LogP contribution in [0.15, 0.2) is 47.7 Å². The van der Waals surface area contributed by atoms with Gasteiger partial charge in [0.1, 0.15) is 17.7 Å². The summed E-state index contributed by atoms with van der Waals surface area (Å²) in [5, 5.41) is 17.5. The fraction of sp³-hybridized carbons (Fsp3) is 0.467. The second-order valence-corrected chi connectivity index (χ2v) is 11.8. The summed E-state index contributed by atoms with van der Waals surface area (Å²) >= 11 is 0. The summed E-state index contributed by atoms with van der Waals surface area (Å²) in [6.07, 6.45) is 1.80. The first kappa shape index (κ1) is 27.3. The molecule has 8 nitrogen and oxygen atoms in total. The Bertz CT molecular complexity index is 1690. The number of pyridine rings is 1. The van der Waals surface area contributed by atoms with Crippen LogP contribution in [0.2, 0.25) is 0 Å². The zero-order valence-corrected chi connectivity index (χ0v) is 23.1. The molecule has 2 fully saturated rings. The topological polar surface area (TPSA) is 95.5 Å². The van der Waals surface area contributed by atoms with E-state index in [-0.39, 0.29) is 16.8 Å². The molecule has 4 heterocycles. The zero-order chi connectivity index (χ0) is 28.9. The van der Waals surface area contributed by atoms with Crippen LogP contribution in [-0.2, 0) is 25.2 Å². The van der Waals surface area contributed by atoms with Crippen LogP contribution >= 0.6 is 0 Å². The number of nitrogens with zero attached hydrogens (tertiary/aromatic N) is 6. The van der Waals surface area contributed by atoms with E-state index >= 15 is 0 Å². The van der Waals surface area contributed by atoms with Crippen LogP contribution in [-0.4, -0.2) is 42.3 Å². The number of rotatable bonds is 6. The molecule has 2 aliphatic rings. The summed E-state index contributed by atoms with van der Waals surface area (Å²) in [4.78, 5) is 19.0. The second kappa shape index (κ2) is 10.2. The molecule has 214 valence electrons. The maximum Gasteiger partial charge on any atom is 0.418 e. The van der Waals surface area contributed by atoms with Gasteiger partial charge in [-0.05, 0) is 67.8 Å². The number of nitrogens with one attached hydrogen (secondary N) is 1. The third-order valence-electron chi connectivity index (χ3n) is 8.77. The molecule has 1 aliphatic heterocycles. The van der Waals surface area contributed by atoms with Crippen LogP contribution in [0.4, 0.5) is 13.2 Å². The van der Waals surface area contributed by atoms with Crippen molar-refractivity contribution in [2.75, 3.05) is 13.1 Å². The number of aromatic nitrogens is 5. The minimum Gasteiger partial charge on any atom is -0.353 e. The second-order valence-electron chi connectivity index (χ2n) is 11.8. The van der Waals surface area contributed by atoms with Gasteiger partial charge in [-0.15, -0.1) is 10.2 Å². The SMILES string of the molecule is C[C@@H]1CCCN(Cc2cc3c(C(F)(F)F)cn(-c4cccc(C5(c6nncn6C)CC(CC#N)C5)c4)c(=O)c3[nH]2)C1. The smallest absolute Gasteiger partial charge is 0.353 e. The molecule has 3 aromatic heterocycles. The van der Waals surface area contributed by atoms with Gasteiger partial charge in [-0.1, -0.05) is 19.1 Å². The molecular weight excluding hydrogens is 531 g/mol. The van der Waals surface area contributed by atoms with Gasteiger partial charge in [0.15, 0.2) is 0 Å². The van der Waals surface area contributed by atoms with E-state index in [2.05, 4.69) is 33.1 Å². The average Bonchev–Trinajstić information content (AvgIpc) is 3.52. The minimum atomic E-state index is -4.65.